The Morgan fingerprint density at radius 1 is 1.10 bits per heavy atom. The molecule has 2 aromatic heterocycles. The lowest BCUT2D eigenvalue weighted by atomic mass is 10.1. The lowest BCUT2D eigenvalue weighted by Crippen LogP contribution is -2.54. The summed E-state index contributed by atoms with van der Waals surface area (Å²) in [4.78, 5) is 28.7. The van der Waals surface area contributed by atoms with Crippen LogP contribution in [-0.2, 0) is 17.9 Å². The second-order valence-corrected chi connectivity index (χ2v) is 8.44. The zero-order valence-corrected chi connectivity index (χ0v) is 17.9. The molecule has 1 amide bonds. The number of nitrogens with two attached hydrogens (primary N) is 1. The van der Waals surface area contributed by atoms with Crippen LogP contribution in [0.2, 0.25) is 5.02 Å². The number of amides is 1. The Hall–Kier alpha value is -3.16. The molecule has 8 heteroatoms. The fraction of sp³-hybridized carbons (Fsp3) is 0.261. The number of anilines is 1. The first kappa shape index (κ1) is 19.8. The number of piperazine rings is 1. The minimum Gasteiger partial charge on any atom is -0.383 e. The Labute approximate surface area is 184 Å². The van der Waals surface area contributed by atoms with Gasteiger partial charge in [0.25, 0.3) is 0 Å². The van der Waals surface area contributed by atoms with Crippen molar-refractivity contribution in [3.8, 4) is 0 Å². The second kappa shape index (κ2) is 7.83. The summed E-state index contributed by atoms with van der Waals surface area (Å²) in [6.45, 7) is 4.76. The van der Waals surface area contributed by atoms with Crippen LogP contribution < -0.4 is 5.73 Å². The van der Waals surface area contributed by atoms with Crippen LogP contribution in [0.25, 0.3) is 21.8 Å². The highest BCUT2D eigenvalue weighted by Crippen LogP contribution is 2.25. The lowest BCUT2D eigenvalue weighted by Gasteiger charge is -2.39. The quantitative estimate of drug-likeness (QED) is 0.512. The highest BCUT2D eigenvalue weighted by atomic mass is 35.5. The van der Waals surface area contributed by atoms with Gasteiger partial charge >= 0.3 is 0 Å². The van der Waals surface area contributed by atoms with Crippen molar-refractivity contribution in [2.24, 2.45) is 0 Å². The highest BCUT2D eigenvalue weighted by molar-refractivity contribution is 6.35. The number of halogens is 1. The molecule has 1 atom stereocenters. The summed E-state index contributed by atoms with van der Waals surface area (Å²) in [5.41, 5.74) is 9.92. The normalized spacial score (nSPS) is 17.7. The number of nitrogen functional groups attached to an aromatic ring is 1. The number of carbonyl (C=O) groups is 1. The summed E-state index contributed by atoms with van der Waals surface area (Å²) >= 11 is 6.18. The van der Waals surface area contributed by atoms with E-state index in [1.54, 1.807) is 6.20 Å². The van der Waals surface area contributed by atoms with E-state index in [2.05, 4.69) is 32.0 Å². The molecule has 4 aromatic rings. The number of hydrogen-bond acceptors (Lipinski definition) is 5. The zero-order chi connectivity index (χ0) is 21.5. The van der Waals surface area contributed by atoms with E-state index in [0.29, 0.717) is 18.9 Å². The average Bonchev–Trinajstić information content (AvgIpc) is 3.14. The molecule has 7 nitrogen and oxygen atoms in total. The number of rotatable bonds is 4. The van der Waals surface area contributed by atoms with Crippen LogP contribution in [-0.4, -0.2) is 49.8 Å². The van der Waals surface area contributed by atoms with Gasteiger partial charge in [-0.15, -0.1) is 0 Å². The molecular weight excluding hydrogens is 412 g/mol. The van der Waals surface area contributed by atoms with E-state index in [1.807, 2.05) is 36.1 Å². The maximum absolute atomic E-state index is 13.1. The average molecular weight is 435 g/mol. The smallest absolute Gasteiger partial charge is 0.239 e. The van der Waals surface area contributed by atoms with Gasteiger partial charge in [0.2, 0.25) is 5.91 Å². The zero-order valence-electron chi connectivity index (χ0n) is 17.2. The number of nitrogens with zero attached hydrogens (tertiary/aromatic N) is 4. The van der Waals surface area contributed by atoms with Gasteiger partial charge in [-0.05, 0) is 36.2 Å². The number of nitrogens with one attached hydrogen (secondary N) is 1. The third kappa shape index (κ3) is 3.71. The van der Waals surface area contributed by atoms with E-state index in [9.17, 15) is 4.79 Å². The van der Waals surface area contributed by atoms with Crippen molar-refractivity contribution < 1.29 is 4.79 Å². The number of benzene rings is 2. The Morgan fingerprint density at radius 3 is 2.71 bits per heavy atom. The van der Waals surface area contributed by atoms with Gasteiger partial charge in [-0.25, -0.2) is 9.97 Å². The van der Waals surface area contributed by atoms with Gasteiger partial charge < -0.3 is 15.6 Å². The van der Waals surface area contributed by atoms with E-state index in [-0.39, 0.29) is 11.9 Å². The highest BCUT2D eigenvalue weighted by Gasteiger charge is 2.31. The Bertz CT molecular complexity index is 1290. The molecule has 0 bridgehead atoms. The molecule has 1 saturated heterocycles. The Balaban J connectivity index is 1.28. The molecule has 0 unspecified atom stereocenters. The van der Waals surface area contributed by atoms with Gasteiger partial charge in [0, 0.05) is 48.7 Å². The molecule has 3 N–H and O–H groups in total. The van der Waals surface area contributed by atoms with Crippen LogP contribution in [0.5, 0.6) is 0 Å². The predicted octanol–water partition coefficient (Wildman–Crippen LogP) is 3.58. The van der Waals surface area contributed by atoms with Crippen LogP contribution in [0.3, 0.4) is 0 Å². The van der Waals surface area contributed by atoms with Gasteiger partial charge in [0.15, 0.2) is 0 Å². The molecule has 31 heavy (non-hydrogen) atoms. The lowest BCUT2D eigenvalue weighted by molar-refractivity contribution is -0.142. The summed E-state index contributed by atoms with van der Waals surface area (Å²) in [5.74, 6) is 0.604. The first-order valence-electron chi connectivity index (χ1n) is 10.3. The summed E-state index contributed by atoms with van der Waals surface area (Å²) < 4.78 is 0. The standard InChI is InChI=1S/C23H23ClN6O/c1-14-23(31)30(12-16-3-5-18-21(9-16)27-13-28-22(18)25)7-6-29(14)11-15-2-4-17-19(24)10-26-20(17)8-15/h2-5,8-10,13-14,26H,6-7,11-12H2,1H3,(H2,25,27,28)/t14-/m0/s1. The van der Waals surface area contributed by atoms with E-state index < -0.39 is 0 Å². The molecule has 0 radical (unpaired) electrons. The SMILES string of the molecule is C[C@H]1C(=O)N(Cc2ccc3c(N)ncnc3c2)CCN1Cc1ccc2c(Cl)c[nH]c2c1. The van der Waals surface area contributed by atoms with E-state index in [4.69, 9.17) is 17.3 Å². The van der Waals surface area contributed by atoms with Crippen molar-refractivity contribution in [1.82, 2.24) is 24.8 Å². The van der Waals surface area contributed by atoms with Crippen LogP contribution in [0.15, 0.2) is 48.9 Å². The molecule has 0 saturated carbocycles. The number of H-pyrrole nitrogens is 1. The van der Waals surface area contributed by atoms with Gasteiger partial charge in [0.1, 0.15) is 12.1 Å². The summed E-state index contributed by atoms with van der Waals surface area (Å²) in [7, 11) is 0. The number of aromatic amines is 1. The molecule has 1 aliphatic rings. The molecule has 0 spiro atoms. The molecule has 158 valence electrons. The fourth-order valence-corrected chi connectivity index (χ4v) is 4.48. The van der Waals surface area contributed by atoms with Crippen molar-refractivity contribution in [3.05, 3.63) is 65.1 Å². The molecule has 3 heterocycles. The van der Waals surface area contributed by atoms with E-state index in [1.165, 1.54) is 6.33 Å². The van der Waals surface area contributed by atoms with Crippen molar-refractivity contribution in [2.75, 3.05) is 18.8 Å². The summed E-state index contributed by atoms with van der Waals surface area (Å²) in [6.07, 6.45) is 3.26. The Kier molecular flexibility index (Phi) is 5.00. The molecule has 2 aromatic carbocycles. The van der Waals surface area contributed by atoms with Crippen molar-refractivity contribution in [1.29, 1.82) is 0 Å². The molecular formula is C23H23ClN6O. The second-order valence-electron chi connectivity index (χ2n) is 8.03. The topological polar surface area (TPSA) is 91.1 Å². The first-order chi connectivity index (χ1) is 15.0. The molecule has 1 fully saturated rings. The fourth-order valence-electron chi connectivity index (χ4n) is 4.26. The number of fused-ring (bicyclic) bond motifs is 2. The van der Waals surface area contributed by atoms with Crippen LogP contribution >= 0.6 is 11.6 Å². The van der Waals surface area contributed by atoms with Gasteiger partial charge in [-0.3, -0.25) is 9.69 Å². The number of carbonyl (C=O) groups excluding carboxylic acids is 1. The van der Waals surface area contributed by atoms with Gasteiger partial charge in [-0.1, -0.05) is 29.8 Å². The van der Waals surface area contributed by atoms with E-state index in [0.717, 1.165) is 51.0 Å². The minimum absolute atomic E-state index is 0.137. The minimum atomic E-state index is -0.185. The van der Waals surface area contributed by atoms with Crippen LogP contribution in [0, 0.1) is 0 Å². The maximum Gasteiger partial charge on any atom is 0.239 e. The maximum atomic E-state index is 13.1. The molecule has 0 aliphatic carbocycles. The largest absolute Gasteiger partial charge is 0.383 e. The van der Waals surface area contributed by atoms with Crippen molar-refractivity contribution in [2.45, 2.75) is 26.1 Å². The number of hydrogen-bond donors (Lipinski definition) is 2. The summed E-state index contributed by atoms with van der Waals surface area (Å²) in [5, 5.41) is 2.57. The van der Waals surface area contributed by atoms with E-state index >= 15 is 0 Å². The first-order valence-corrected chi connectivity index (χ1v) is 10.6. The van der Waals surface area contributed by atoms with Crippen molar-refractivity contribution >= 4 is 45.1 Å². The molecule has 5 rings (SSSR count). The monoisotopic (exact) mass is 434 g/mol. The van der Waals surface area contributed by atoms with Gasteiger partial charge in [0.05, 0.1) is 16.6 Å². The Morgan fingerprint density at radius 2 is 1.87 bits per heavy atom. The third-order valence-electron chi connectivity index (χ3n) is 6.06. The van der Waals surface area contributed by atoms with Crippen LogP contribution in [0.1, 0.15) is 18.1 Å². The third-order valence-corrected chi connectivity index (χ3v) is 6.37. The number of aromatic nitrogens is 3. The van der Waals surface area contributed by atoms with Crippen LogP contribution in [0.4, 0.5) is 5.82 Å². The molecule has 1 aliphatic heterocycles. The summed E-state index contributed by atoms with van der Waals surface area (Å²) in [6, 6.07) is 11.9. The van der Waals surface area contributed by atoms with Gasteiger partial charge in [-0.2, -0.15) is 0 Å². The van der Waals surface area contributed by atoms with Crippen molar-refractivity contribution in [3.63, 3.8) is 0 Å². The predicted molar refractivity (Wildman–Crippen MR) is 123 cm³/mol.